The predicted octanol–water partition coefficient (Wildman–Crippen LogP) is 0.885. The van der Waals surface area contributed by atoms with Crippen LogP contribution in [-0.4, -0.2) is 25.7 Å². The van der Waals surface area contributed by atoms with Gasteiger partial charge in [-0.05, 0) is 19.1 Å². The average Bonchev–Trinajstić information content (AvgIpc) is 2.14. The zero-order chi connectivity index (χ0) is 11.6. The van der Waals surface area contributed by atoms with Crippen LogP contribution in [0.25, 0.3) is 0 Å². The number of Topliss-reactive ketones (excluding diaryl/α,β-unsaturated/α-hetero) is 1. The summed E-state index contributed by atoms with van der Waals surface area (Å²) in [7, 11) is -3.35. The first kappa shape index (κ1) is 11.7. The number of carbonyl (C=O) groups excluding carboxylic acids is 1. The highest BCUT2D eigenvalue weighted by Crippen LogP contribution is 2.12. The summed E-state index contributed by atoms with van der Waals surface area (Å²) in [5, 5.41) is -1.03. The first-order chi connectivity index (χ1) is 6.82. The minimum atomic E-state index is -3.35. The van der Waals surface area contributed by atoms with Gasteiger partial charge in [0.25, 0.3) is 0 Å². The lowest BCUT2D eigenvalue weighted by Crippen LogP contribution is -2.26. The lowest BCUT2D eigenvalue weighted by molar-refractivity contribution is 0.0991. The summed E-state index contributed by atoms with van der Waals surface area (Å²) in [4.78, 5) is 11.7. The van der Waals surface area contributed by atoms with E-state index in [2.05, 4.69) is 0 Å². The number of rotatable bonds is 3. The number of carbonyl (C=O) groups is 1. The zero-order valence-electron chi connectivity index (χ0n) is 8.60. The van der Waals surface area contributed by atoms with E-state index in [1.807, 2.05) is 0 Å². The summed E-state index contributed by atoms with van der Waals surface area (Å²) < 4.78 is 22.4. The quantitative estimate of drug-likeness (QED) is 0.614. The fourth-order valence-corrected chi connectivity index (χ4v) is 1.65. The molecule has 0 saturated heterocycles. The number of hydrogen-bond donors (Lipinski definition) is 1. The lowest BCUT2D eigenvalue weighted by atomic mass is 10.1. The van der Waals surface area contributed by atoms with Crippen LogP contribution in [0, 0.1) is 0 Å². The van der Waals surface area contributed by atoms with Gasteiger partial charge in [0.15, 0.2) is 15.6 Å². The molecule has 0 aliphatic carbocycles. The SMILES string of the molecule is C[C@H](C(=O)c1cccc(N)c1)S(C)(=O)=O. The summed E-state index contributed by atoms with van der Waals surface area (Å²) >= 11 is 0. The standard InChI is InChI=1S/C10H13NO3S/c1-7(15(2,13)14)10(12)8-4-3-5-9(11)6-8/h3-7H,11H2,1-2H3/t7-/m1/s1. The van der Waals surface area contributed by atoms with Crippen molar-refractivity contribution in [3.05, 3.63) is 29.8 Å². The number of benzene rings is 1. The third-order valence-corrected chi connectivity index (χ3v) is 3.68. The van der Waals surface area contributed by atoms with E-state index in [0.29, 0.717) is 11.3 Å². The van der Waals surface area contributed by atoms with Crippen molar-refractivity contribution in [2.24, 2.45) is 0 Å². The van der Waals surface area contributed by atoms with Crippen molar-refractivity contribution in [2.75, 3.05) is 12.0 Å². The van der Waals surface area contributed by atoms with Crippen molar-refractivity contribution in [1.29, 1.82) is 0 Å². The maximum absolute atomic E-state index is 11.7. The summed E-state index contributed by atoms with van der Waals surface area (Å²) in [6.07, 6.45) is 1.04. The number of ketones is 1. The third kappa shape index (κ3) is 2.79. The van der Waals surface area contributed by atoms with E-state index in [0.717, 1.165) is 6.26 Å². The molecule has 1 aromatic rings. The van der Waals surface area contributed by atoms with Crippen LogP contribution in [0.5, 0.6) is 0 Å². The Hall–Kier alpha value is -1.36. The molecule has 0 spiro atoms. The molecule has 2 N–H and O–H groups in total. The van der Waals surface area contributed by atoms with Gasteiger partial charge in [-0.25, -0.2) is 8.42 Å². The Balaban J connectivity index is 3.06. The first-order valence-corrected chi connectivity index (χ1v) is 6.36. The van der Waals surface area contributed by atoms with Gasteiger partial charge in [0.1, 0.15) is 5.25 Å². The second kappa shape index (κ2) is 4.02. The molecule has 0 amide bonds. The van der Waals surface area contributed by atoms with Gasteiger partial charge < -0.3 is 5.73 Å². The van der Waals surface area contributed by atoms with Crippen LogP contribution >= 0.6 is 0 Å². The molecule has 0 aliphatic rings. The number of sulfone groups is 1. The highest BCUT2D eigenvalue weighted by molar-refractivity contribution is 7.92. The van der Waals surface area contributed by atoms with Crippen molar-refractivity contribution in [1.82, 2.24) is 0 Å². The topological polar surface area (TPSA) is 77.2 Å². The molecule has 0 saturated carbocycles. The van der Waals surface area contributed by atoms with Gasteiger partial charge in [-0.3, -0.25) is 4.79 Å². The molecule has 0 fully saturated rings. The molecule has 0 bridgehead atoms. The lowest BCUT2D eigenvalue weighted by Gasteiger charge is -2.08. The molecule has 4 nitrogen and oxygen atoms in total. The summed E-state index contributed by atoms with van der Waals surface area (Å²) in [5.41, 5.74) is 6.28. The number of hydrogen-bond acceptors (Lipinski definition) is 4. The molecule has 1 atom stereocenters. The van der Waals surface area contributed by atoms with E-state index in [4.69, 9.17) is 5.73 Å². The predicted molar refractivity (Wildman–Crippen MR) is 59.5 cm³/mol. The van der Waals surface area contributed by atoms with Crippen LogP contribution < -0.4 is 5.73 Å². The normalized spacial score (nSPS) is 13.5. The Labute approximate surface area is 89.0 Å². The summed E-state index contributed by atoms with van der Waals surface area (Å²) in [5.74, 6) is -0.426. The van der Waals surface area contributed by atoms with Gasteiger partial charge in [0.2, 0.25) is 0 Å². The Morgan fingerprint density at radius 1 is 1.40 bits per heavy atom. The fraction of sp³-hybridized carbons (Fsp3) is 0.300. The smallest absolute Gasteiger partial charge is 0.180 e. The molecule has 0 aliphatic heterocycles. The largest absolute Gasteiger partial charge is 0.399 e. The van der Waals surface area contributed by atoms with Gasteiger partial charge in [-0.1, -0.05) is 12.1 Å². The van der Waals surface area contributed by atoms with Gasteiger partial charge in [0.05, 0.1) is 0 Å². The second-order valence-electron chi connectivity index (χ2n) is 3.46. The third-order valence-electron chi connectivity index (χ3n) is 2.18. The molecule has 0 unspecified atom stereocenters. The molecule has 1 rings (SSSR count). The molecule has 0 heterocycles. The van der Waals surface area contributed by atoms with Crippen molar-refractivity contribution in [3.63, 3.8) is 0 Å². The molecule has 15 heavy (non-hydrogen) atoms. The maximum atomic E-state index is 11.7. The van der Waals surface area contributed by atoms with E-state index in [1.165, 1.54) is 13.0 Å². The van der Waals surface area contributed by atoms with Crippen molar-refractivity contribution >= 4 is 21.3 Å². The Morgan fingerprint density at radius 2 is 2.00 bits per heavy atom. The van der Waals surface area contributed by atoms with E-state index >= 15 is 0 Å². The van der Waals surface area contributed by atoms with Crippen LogP contribution in [0.1, 0.15) is 17.3 Å². The molecular weight excluding hydrogens is 214 g/mol. The molecule has 0 aromatic heterocycles. The first-order valence-electron chi connectivity index (χ1n) is 4.41. The van der Waals surface area contributed by atoms with Crippen LogP contribution in [0.4, 0.5) is 5.69 Å². The zero-order valence-corrected chi connectivity index (χ0v) is 9.41. The van der Waals surface area contributed by atoms with E-state index in [1.54, 1.807) is 18.2 Å². The Bertz CT molecular complexity index is 479. The average molecular weight is 227 g/mol. The molecule has 5 heteroatoms. The Morgan fingerprint density at radius 3 is 2.47 bits per heavy atom. The Kier molecular flexibility index (Phi) is 3.14. The second-order valence-corrected chi connectivity index (χ2v) is 5.83. The van der Waals surface area contributed by atoms with Crippen LogP contribution in [0.2, 0.25) is 0 Å². The van der Waals surface area contributed by atoms with Crippen molar-refractivity contribution in [2.45, 2.75) is 12.2 Å². The van der Waals surface area contributed by atoms with Crippen LogP contribution in [0.15, 0.2) is 24.3 Å². The van der Waals surface area contributed by atoms with Crippen LogP contribution in [0.3, 0.4) is 0 Å². The summed E-state index contributed by atoms with van der Waals surface area (Å²) in [6, 6.07) is 6.30. The molecular formula is C10H13NO3S. The van der Waals surface area contributed by atoms with Gasteiger partial charge in [-0.2, -0.15) is 0 Å². The van der Waals surface area contributed by atoms with E-state index in [-0.39, 0.29) is 0 Å². The monoisotopic (exact) mass is 227 g/mol. The highest BCUT2D eigenvalue weighted by Gasteiger charge is 2.24. The van der Waals surface area contributed by atoms with Crippen molar-refractivity contribution < 1.29 is 13.2 Å². The molecule has 0 radical (unpaired) electrons. The molecule has 82 valence electrons. The number of nitrogen functional groups attached to an aromatic ring is 1. The number of anilines is 1. The van der Waals surface area contributed by atoms with E-state index in [9.17, 15) is 13.2 Å². The minimum absolute atomic E-state index is 0.327. The fourth-order valence-electron chi connectivity index (χ4n) is 1.12. The minimum Gasteiger partial charge on any atom is -0.399 e. The van der Waals surface area contributed by atoms with Crippen molar-refractivity contribution in [3.8, 4) is 0 Å². The van der Waals surface area contributed by atoms with Gasteiger partial charge in [-0.15, -0.1) is 0 Å². The highest BCUT2D eigenvalue weighted by atomic mass is 32.2. The maximum Gasteiger partial charge on any atom is 0.180 e. The van der Waals surface area contributed by atoms with Gasteiger partial charge in [0, 0.05) is 17.5 Å². The van der Waals surface area contributed by atoms with Crippen LogP contribution in [-0.2, 0) is 9.84 Å². The molecule has 1 aromatic carbocycles. The van der Waals surface area contributed by atoms with Gasteiger partial charge >= 0.3 is 0 Å². The summed E-state index contributed by atoms with van der Waals surface area (Å²) in [6.45, 7) is 1.38. The number of nitrogens with two attached hydrogens (primary N) is 1. The van der Waals surface area contributed by atoms with E-state index < -0.39 is 20.9 Å².